The van der Waals surface area contributed by atoms with Gasteiger partial charge in [-0.3, -0.25) is 9.20 Å². The molecule has 0 aliphatic rings. The van der Waals surface area contributed by atoms with Crippen molar-refractivity contribution in [2.45, 2.75) is 13.8 Å². The van der Waals surface area contributed by atoms with E-state index in [-0.39, 0.29) is 0 Å². The van der Waals surface area contributed by atoms with Gasteiger partial charge in [0.2, 0.25) is 0 Å². The van der Waals surface area contributed by atoms with Crippen molar-refractivity contribution in [1.82, 2.24) is 9.38 Å². The van der Waals surface area contributed by atoms with Crippen LogP contribution in [0.3, 0.4) is 0 Å². The van der Waals surface area contributed by atoms with E-state index in [0.717, 1.165) is 21.1 Å². The van der Waals surface area contributed by atoms with Crippen molar-refractivity contribution >= 4 is 27.6 Å². The molecule has 2 rings (SSSR count). The van der Waals surface area contributed by atoms with E-state index in [0.29, 0.717) is 5.69 Å². The van der Waals surface area contributed by atoms with Crippen molar-refractivity contribution in [2.24, 2.45) is 5.73 Å². The van der Waals surface area contributed by atoms with E-state index in [1.165, 1.54) is 11.3 Å². The summed E-state index contributed by atoms with van der Waals surface area (Å²) in [6, 6.07) is 0. The average Bonchev–Trinajstić information content (AvgIpc) is 2.65. The number of hydrogen-bond donors (Lipinski definition) is 1. The van der Waals surface area contributed by atoms with Gasteiger partial charge in [-0.25, -0.2) is 4.98 Å². The molecule has 5 heteroatoms. The van der Waals surface area contributed by atoms with E-state index in [2.05, 4.69) is 11.6 Å². The minimum absolute atomic E-state index is 0.444. The van der Waals surface area contributed by atoms with E-state index in [1.54, 1.807) is 10.6 Å². The van der Waals surface area contributed by atoms with Crippen molar-refractivity contribution in [3.05, 3.63) is 29.2 Å². The molecule has 0 unspecified atom stereocenters. The lowest BCUT2D eigenvalue weighted by molar-refractivity contribution is 0.0994. The maximum absolute atomic E-state index is 11.4. The van der Waals surface area contributed by atoms with Gasteiger partial charge in [-0.2, -0.15) is 0 Å². The van der Waals surface area contributed by atoms with Crippen LogP contribution in [0.25, 0.3) is 10.4 Å². The highest BCUT2D eigenvalue weighted by atomic mass is 32.1. The van der Waals surface area contributed by atoms with E-state index in [9.17, 15) is 4.79 Å². The predicted molar refractivity (Wildman–Crippen MR) is 61.0 cm³/mol. The molecule has 2 heterocycles. The second-order valence-electron chi connectivity index (χ2n) is 3.40. The van der Waals surface area contributed by atoms with Crippen LogP contribution in [0.15, 0.2) is 12.8 Å². The third-order valence-electron chi connectivity index (χ3n) is 2.17. The third kappa shape index (κ3) is 1.35. The number of carbonyl (C=O) groups excluding carboxylic acids is 1. The molecule has 78 valence electrons. The summed E-state index contributed by atoms with van der Waals surface area (Å²) in [5, 5.41) is 0. The first-order valence-electron chi connectivity index (χ1n) is 4.45. The first kappa shape index (κ1) is 9.92. The van der Waals surface area contributed by atoms with Crippen LogP contribution in [0.1, 0.15) is 28.1 Å². The molecule has 4 nitrogen and oxygen atoms in total. The summed E-state index contributed by atoms with van der Waals surface area (Å²) in [4.78, 5) is 17.3. The fraction of sp³-hybridized carbons (Fsp3) is 0.200. The highest BCUT2D eigenvalue weighted by Gasteiger charge is 2.18. The quantitative estimate of drug-likeness (QED) is 0.841. The molecule has 0 aliphatic carbocycles. The van der Waals surface area contributed by atoms with Crippen molar-refractivity contribution in [2.75, 3.05) is 0 Å². The molecule has 0 radical (unpaired) electrons. The normalized spacial score (nSPS) is 10.8. The number of nitrogens with zero attached hydrogens (tertiary/aromatic N) is 2. The number of hydrogen-bond acceptors (Lipinski definition) is 3. The predicted octanol–water partition coefficient (Wildman–Crippen LogP) is 1.84. The summed E-state index contributed by atoms with van der Waals surface area (Å²) in [6.07, 6.45) is 1.74. The van der Waals surface area contributed by atoms with E-state index in [1.807, 2.05) is 13.8 Å². The van der Waals surface area contributed by atoms with Gasteiger partial charge in [-0.15, -0.1) is 11.3 Å². The highest BCUT2D eigenvalue weighted by Crippen LogP contribution is 2.29. The maximum Gasteiger partial charge on any atom is 0.267 e. The van der Waals surface area contributed by atoms with Crippen molar-refractivity contribution < 1.29 is 4.79 Å². The zero-order valence-corrected chi connectivity index (χ0v) is 9.39. The number of aromatic nitrogens is 2. The van der Waals surface area contributed by atoms with Crippen molar-refractivity contribution in [1.29, 1.82) is 0 Å². The second kappa shape index (κ2) is 3.20. The van der Waals surface area contributed by atoms with Crippen LogP contribution >= 0.6 is 11.3 Å². The SMILES string of the molecule is C=C(C)c1sc2cnc(C)n2c1C(N)=O. The lowest BCUT2D eigenvalue weighted by atomic mass is 10.2. The first-order valence-corrected chi connectivity index (χ1v) is 5.26. The summed E-state index contributed by atoms with van der Waals surface area (Å²) in [5.74, 6) is 0.322. The molecule has 2 aromatic heterocycles. The lowest BCUT2D eigenvalue weighted by Crippen LogP contribution is -2.15. The van der Waals surface area contributed by atoms with Crippen molar-refractivity contribution in [3.63, 3.8) is 0 Å². The van der Waals surface area contributed by atoms with Gasteiger partial charge >= 0.3 is 0 Å². The Morgan fingerprint density at radius 2 is 2.33 bits per heavy atom. The summed E-state index contributed by atoms with van der Waals surface area (Å²) in [5.41, 5.74) is 6.70. The number of allylic oxidation sites excluding steroid dienone is 1. The van der Waals surface area contributed by atoms with Gasteiger partial charge in [0.05, 0.1) is 11.1 Å². The summed E-state index contributed by atoms with van der Waals surface area (Å²) in [7, 11) is 0. The molecule has 0 atom stereocenters. The molecule has 0 spiro atoms. The zero-order valence-electron chi connectivity index (χ0n) is 8.57. The Morgan fingerprint density at radius 3 is 2.87 bits per heavy atom. The van der Waals surface area contributed by atoms with Gasteiger partial charge in [-0.1, -0.05) is 6.58 Å². The fourth-order valence-electron chi connectivity index (χ4n) is 1.53. The number of carbonyl (C=O) groups is 1. The van der Waals surface area contributed by atoms with Gasteiger partial charge in [0, 0.05) is 0 Å². The van der Waals surface area contributed by atoms with E-state index >= 15 is 0 Å². The second-order valence-corrected chi connectivity index (χ2v) is 4.43. The molecule has 2 aromatic rings. The molecule has 1 amide bonds. The average molecular weight is 221 g/mol. The minimum Gasteiger partial charge on any atom is -0.364 e. The Morgan fingerprint density at radius 1 is 1.67 bits per heavy atom. The Balaban J connectivity index is 2.88. The van der Waals surface area contributed by atoms with Crippen LogP contribution in [0.4, 0.5) is 0 Å². The highest BCUT2D eigenvalue weighted by molar-refractivity contribution is 7.18. The van der Waals surface area contributed by atoms with Gasteiger partial charge < -0.3 is 5.73 Å². The molecular formula is C10H11N3OS. The molecule has 0 saturated carbocycles. The van der Waals surface area contributed by atoms with Crippen LogP contribution < -0.4 is 5.73 Å². The largest absolute Gasteiger partial charge is 0.364 e. The number of amides is 1. The molecule has 15 heavy (non-hydrogen) atoms. The smallest absolute Gasteiger partial charge is 0.267 e. The molecule has 2 N–H and O–H groups in total. The molecule has 0 aromatic carbocycles. The fourth-order valence-corrected chi connectivity index (χ4v) is 2.63. The van der Waals surface area contributed by atoms with Crippen LogP contribution in [0.5, 0.6) is 0 Å². The number of fused-ring (bicyclic) bond motifs is 1. The standard InChI is InChI=1S/C10H11N3OS/c1-5(2)9-8(10(11)14)13-6(3)12-4-7(13)15-9/h4H,1H2,2-3H3,(H2,11,14). The number of primary amides is 1. The number of nitrogens with two attached hydrogens (primary N) is 1. The van der Waals surface area contributed by atoms with Crippen LogP contribution in [0.2, 0.25) is 0 Å². The van der Waals surface area contributed by atoms with Crippen LogP contribution in [-0.4, -0.2) is 15.3 Å². The van der Waals surface area contributed by atoms with Gasteiger partial charge in [0.25, 0.3) is 5.91 Å². The van der Waals surface area contributed by atoms with Gasteiger partial charge in [0.15, 0.2) is 0 Å². The number of imidazole rings is 1. The van der Waals surface area contributed by atoms with Gasteiger partial charge in [0.1, 0.15) is 16.3 Å². The summed E-state index contributed by atoms with van der Waals surface area (Å²) >= 11 is 1.48. The van der Waals surface area contributed by atoms with Crippen LogP contribution in [0, 0.1) is 6.92 Å². The molecule has 0 saturated heterocycles. The monoisotopic (exact) mass is 221 g/mol. The van der Waals surface area contributed by atoms with Crippen LogP contribution in [-0.2, 0) is 0 Å². The zero-order chi connectivity index (χ0) is 11.2. The third-order valence-corrected chi connectivity index (χ3v) is 3.42. The Bertz CT molecular complexity index is 564. The molecule has 0 aliphatic heterocycles. The molecule has 0 bridgehead atoms. The molecule has 0 fully saturated rings. The van der Waals surface area contributed by atoms with E-state index < -0.39 is 5.91 Å². The number of rotatable bonds is 2. The maximum atomic E-state index is 11.4. The summed E-state index contributed by atoms with van der Waals surface area (Å²) < 4.78 is 1.77. The van der Waals surface area contributed by atoms with E-state index in [4.69, 9.17) is 5.73 Å². The summed E-state index contributed by atoms with van der Waals surface area (Å²) in [6.45, 7) is 7.55. The lowest BCUT2D eigenvalue weighted by Gasteiger charge is -2.00. The first-order chi connectivity index (χ1) is 7.02. The topological polar surface area (TPSA) is 60.4 Å². The Hall–Kier alpha value is -1.62. The Kier molecular flexibility index (Phi) is 2.12. The molecular weight excluding hydrogens is 210 g/mol. The minimum atomic E-state index is -0.444. The van der Waals surface area contributed by atoms with Gasteiger partial charge in [-0.05, 0) is 19.4 Å². The Labute approximate surface area is 91.0 Å². The number of thiazole rings is 1. The van der Waals surface area contributed by atoms with Crippen molar-refractivity contribution in [3.8, 4) is 0 Å². The number of aryl methyl sites for hydroxylation is 1.